The van der Waals surface area contributed by atoms with E-state index in [2.05, 4.69) is 15.4 Å². The minimum Gasteiger partial charge on any atom is -0.484 e. The van der Waals surface area contributed by atoms with Crippen LogP contribution < -0.4 is 15.4 Å². The van der Waals surface area contributed by atoms with Gasteiger partial charge in [-0.2, -0.15) is 13.2 Å². The number of anilines is 1. The van der Waals surface area contributed by atoms with Crippen molar-refractivity contribution in [3.63, 3.8) is 0 Å². The molecule has 1 aromatic rings. The van der Waals surface area contributed by atoms with E-state index in [4.69, 9.17) is 0 Å². The predicted molar refractivity (Wildman–Crippen MR) is 79.5 cm³/mol. The van der Waals surface area contributed by atoms with Gasteiger partial charge in [-0.15, -0.1) is 12.4 Å². The Bertz CT molecular complexity index is 476. The van der Waals surface area contributed by atoms with Crippen LogP contribution in [-0.4, -0.2) is 31.8 Å². The van der Waals surface area contributed by atoms with Gasteiger partial charge in [-0.25, -0.2) is 0 Å². The number of carbonyl (C=O) groups excluding carboxylic acids is 1. The molecule has 1 amide bonds. The molecule has 0 heterocycles. The maximum absolute atomic E-state index is 12.0. The van der Waals surface area contributed by atoms with E-state index in [0.717, 1.165) is 6.54 Å². The molecule has 0 unspecified atom stereocenters. The molecule has 0 atom stereocenters. The molecule has 0 bridgehead atoms. The first kappa shape index (κ1) is 18.6. The van der Waals surface area contributed by atoms with Crippen molar-refractivity contribution in [1.29, 1.82) is 0 Å². The van der Waals surface area contributed by atoms with E-state index in [1.165, 1.54) is 37.1 Å². The Labute approximate surface area is 132 Å². The molecule has 1 aromatic carbocycles. The van der Waals surface area contributed by atoms with Crippen LogP contribution in [0.15, 0.2) is 24.3 Å². The number of rotatable bonds is 7. The van der Waals surface area contributed by atoms with Crippen molar-refractivity contribution in [1.82, 2.24) is 5.32 Å². The zero-order valence-corrected chi connectivity index (χ0v) is 12.6. The lowest BCUT2D eigenvalue weighted by Gasteiger charge is -2.10. The number of halogens is 4. The fourth-order valence-electron chi connectivity index (χ4n) is 1.72. The Balaban J connectivity index is 0.00000242. The Morgan fingerprint density at radius 1 is 1.23 bits per heavy atom. The highest BCUT2D eigenvalue weighted by Crippen LogP contribution is 2.27. The standard InChI is InChI=1S/C14H17F3N2O2.ClH/c15-14(16,17)9-21-12-5-3-11(4-6-12)19-13(20)8-18-7-10-1-2-10;/h3-6,10,18H,1-2,7-9H2,(H,19,20);1H. The summed E-state index contributed by atoms with van der Waals surface area (Å²) in [6, 6.07) is 5.78. The second kappa shape index (κ2) is 8.24. The molecule has 8 heteroatoms. The van der Waals surface area contributed by atoms with Crippen molar-refractivity contribution in [3.8, 4) is 5.75 Å². The molecule has 2 rings (SSSR count). The van der Waals surface area contributed by atoms with Gasteiger partial charge in [0.25, 0.3) is 0 Å². The quantitative estimate of drug-likeness (QED) is 0.803. The molecular weight excluding hydrogens is 321 g/mol. The molecule has 0 radical (unpaired) electrons. The zero-order valence-electron chi connectivity index (χ0n) is 11.8. The van der Waals surface area contributed by atoms with Gasteiger partial charge in [0.15, 0.2) is 6.61 Å². The molecule has 0 saturated heterocycles. The number of alkyl halides is 3. The first-order chi connectivity index (χ1) is 9.92. The van der Waals surface area contributed by atoms with Gasteiger partial charge in [-0.1, -0.05) is 0 Å². The van der Waals surface area contributed by atoms with Gasteiger partial charge < -0.3 is 15.4 Å². The summed E-state index contributed by atoms with van der Waals surface area (Å²) in [4.78, 5) is 11.6. The molecule has 1 aliphatic carbocycles. The highest BCUT2D eigenvalue weighted by atomic mass is 35.5. The highest BCUT2D eigenvalue weighted by Gasteiger charge is 2.28. The molecule has 2 N–H and O–H groups in total. The molecule has 1 aliphatic rings. The first-order valence-electron chi connectivity index (χ1n) is 6.72. The SMILES string of the molecule is Cl.O=C(CNCC1CC1)Nc1ccc(OCC(F)(F)F)cc1. The summed E-state index contributed by atoms with van der Waals surface area (Å²) in [6.45, 7) is -0.260. The van der Waals surface area contributed by atoms with E-state index in [1.54, 1.807) is 0 Å². The summed E-state index contributed by atoms with van der Waals surface area (Å²) in [5.74, 6) is 0.625. The van der Waals surface area contributed by atoms with Crippen LogP contribution in [0.3, 0.4) is 0 Å². The first-order valence-corrected chi connectivity index (χ1v) is 6.72. The van der Waals surface area contributed by atoms with Crippen LogP contribution in [0.5, 0.6) is 5.75 Å². The van der Waals surface area contributed by atoms with Crippen LogP contribution in [0, 0.1) is 5.92 Å². The lowest BCUT2D eigenvalue weighted by molar-refractivity contribution is -0.153. The van der Waals surface area contributed by atoms with Crippen molar-refractivity contribution >= 4 is 24.0 Å². The number of nitrogens with one attached hydrogen (secondary N) is 2. The Hall–Kier alpha value is -1.47. The molecule has 0 spiro atoms. The third kappa shape index (κ3) is 7.51. The maximum atomic E-state index is 12.0. The minimum atomic E-state index is -4.36. The number of carbonyl (C=O) groups is 1. The smallest absolute Gasteiger partial charge is 0.422 e. The topological polar surface area (TPSA) is 50.4 Å². The Morgan fingerprint density at radius 2 is 1.86 bits per heavy atom. The van der Waals surface area contributed by atoms with Crippen molar-refractivity contribution in [3.05, 3.63) is 24.3 Å². The summed E-state index contributed by atoms with van der Waals surface area (Å²) < 4.78 is 40.5. The maximum Gasteiger partial charge on any atom is 0.422 e. The largest absolute Gasteiger partial charge is 0.484 e. The lowest BCUT2D eigenvalue weighted by atomic mass is 10.3. The minimum absolute atomic E-state index is 0. The second-order valence-corrected chi connectivity index (χ2v) is 5.05. The van der Waals surface area contributed by atoms with Gasteiger partial charge in [0.05, 0.1) is 6.54 Å². The number of hydrogen-bond acceptors (Lipinski definition) is 3. The van der Waals surface area contributed by atoms with E-state index < -0.39 is 12.8 Å². The molecule has 4 nitrogen and oxygen atoms in total. The van der Waals surface area contributed by atoms with Crippen molar-refractivity contribution in [2.24, 2.45) is 5.92 Å². The van der Waals surface area contributed by atoms with E-state index in [9.17, 15) is 18.0 Å². The molecular formula is C14H18ClF3N2O2. The third-order valence-electron chi connectivity index (χ3n) is 2.96. The monoisotopic (exact) mass is 338 g/mol. The lowest BCUT2D eigenvalue weighted by Crippen LogP contribution is -2.29. The predicted octanol–water partition coefficient (Wildman–Crippen LogP) is 2.99. The summed E-state index contributed by atoms with van der Waals surface area (Å²) in [7, 11) is 0. The number of hydrogen-bond donors (Lipinski definition) is 2. The molecule has 1 saturated carbocycles. The molecule has 22 heavy (non-hydrogen) atoms. The highest BCUT2D eigenvalue weighted by molar-refractivity contribution is 5.92. The van der Waals surface area contributed by atoms with Gasteiger partial charge in [-0.3, -0.25) is 4.79 Å². The summed E-state index contributed by atoms with van der Waals surface area (Å²) in [6.07, 6.45) is -1.93. The van der Waals surface area contributed by atoms with Crippen molar-refractivity contribution in [2.75, 3.05) is 25.0 Å². The van der Waals surface area contributed by atoms with Crippen LogP contribution in [0.4, 0.5) is 18.9 Å². The average Bonchev–Trinajstić information content (AvgIpc) is 3.21. The van der Waals surface area contributed by atoms with E-state index in [-0.39, 0.29) is 30.6 Å². The number of ether oxygens (including phenoxy) is 1. The second-order valence-electron chi connectivity index (χ2n) is 5.05. The number of benzene rings is 1. The van der Waals surface area contributed by atoms with Crippen molar-refractivity contribution < 1.29 is 22.7 Å². The van der Waals surface area contributed by atoms with Gasteiger partial charge in [0, 0.05) is 5.69 Å². The summed E-state index contributed by atoms with van der Waals surface area (Å²) >= 11 is 0. The Morgan fingerprint density at radius 3 is 2.41 bits per heavy atom. The van der Waals surface area contributed by atoms with Crippen LogP contribution in [0.25, 0.3) is 0 Å². The van der Waals surface area contributed by atoms with Gasteiger partial charge >= 0.3 is 6.18 Å². The average molecular weight is 339 g/mol. The molecule has 0 aliphatic heterocycles. The molecule has 124 valence electrons. The summed E-state index contributed by atoms with van der Waals surface area (Å²) in [5, 5.41) is 5.71. The van der Waals surface area contributed by atoms with Crippen LogP contribution in [-0.2, 0) is 4.79 Å². The van der Waals surface area contributed by atoms with E-state index in [1.807, 2.05) is 0 Å². The fraction of sp³-hybridized carbons (Fsp3) is 0.500. The van der Waals surface area contributed by atoms with Crippen LogP contribution >= 0.6 is 12.4 Å². The Kier molecular flexibility index (Phi) is 6.96. The van der Waals surface area contributed by atoms with Crippen LogP contribution in [0.1, 0.15) is 12.8 Å². The van der Waals surface area contributed by atoms with Crippen LogP contribution in [0.2, 0.25) is 0 Å². The van der Waals surface area contributed by atoms with E-state index >= 15 is 0 Å². The van der Waals surface area contributed by atoms with Gasteiger partial charge in [-0.05, 0) is 49.6 Å². The normalized spacial score (nSPS) is 14.1. The fourth-order valence-corrected chi connectivity index (χ4v) is 1.72. The molecule has 0 aromatic heterocycles. The van der Waals surface area contributed by atoms with Crippen molar-refractivity contribution in [2.45, 2.75) is 19.0 Å². The van der Waals surface area contributed by atoms with Gasteiger partial charge in [0.2, 0.25) is 5.91 Å². The molecule has 1 fully saturated rings. The zero-order chi connectivity index (χ0) is 15.3. The van der Waals surface area contributed by atoms with Gasteiger partial charge in [0.1, 0.15) is 5.75 Å². The number of amides is 1. The third-order valence-corrected chi connectivity index (χ3v) is 2.96. The van der Waals surface area contributed by atoms with E-state index in [0.29, 0.717) is 11.6 Å². The summed E-state index contributed by atoms with van der Waals surface area (Å²) in [5.41, 5.74) is 0.521.